The molecule has 0 spiro atoms. The van der Waals surface area contributed by atoms with E-state index in [9.17, 15) is 9.59 Å². The number of amides is 1. The van der Waals surface area contributed by atoms with E-state index in [4.69, 9.17) is 16.3 Å². The van der Waals surface area contributed by atoms with Crippen LogP contribution >= 0.6 is 23.4 Å². The van der Waals surface area contributed by atoms with Crippen LogP contribution in [0.5, 0.6) is 0 Å². The van der Waals surface area contributed by atoms with Gasteiger partial charge in [0.25, 0.3) is 5.56 Å². The van der Waals surface area contributed by atoms with E-state index in [-0.39, 0.29) is 11.5 Å². The second-order valence-electron chi connectivity index (χ2n) is 7.66. The summed E-state index contributed by atoms with van der Waals surface area (Å²) in [7, 11) is 0. The molecule has 1 saturated heterocycles. The number of carbonyl (C=O) groups is 1. The van der Waals surface area contributed by atoms with Crippen LogP contribution in [0.4, 0.5) is 11.4 Å². The van der Waals surface area contributed by atoms with Gasteiger partial charge in [0.05, 0.1) is 29.4 Å². The molecule has 0 bridgehead atoms. The maximum Gasteiger partial charge on any atom is 0.262 e. The molecule has 2 heterocycles. The Morgan fingerprint density at radius 3 is 2.70 bits per heavy atom. The molecule has 1 atom stereocenters. The fourth-order valence-corrected chi connectivity index (χ4v) is 4.67. The molecule has 2 aromatic carbocycles. The predicted octanol–water partition coefficient (Wildman–Crippen LogP) is 4.19. The second-order valence-corrected chi connectivity index (χ2v) is 9.40. The zero-order chi connectivity index (χ0) is 23.4. The van der Waals surface area contributed by atoms with Gasteiger partial charge < -0.3 is 15.0 Å². The molecule has 3 aromatic rings. The number of anilines is 2. The smallest absolute Gasteiger partial charge is 0.262 e. The van der Waals surface area contributed by atoms with Gasteiger partial charge in [0, 0.05) is 36.0 Å². The van der Waals surface area contributed by atoms with Crippen molar-refractivity contribution >= 4 is 51.5 Å². The van der Waals surface area contributed by atoms with Crippen LogP contribution in [0.3, 0.4) is 0 Å². The molecule has 0 saturated carbocycles. The molecule has 0 aliphatic carbocycles. The van der Waals surface area contributed by atoms with Crippen molar-refractivity contribution in [2.24, 2.45) is 0 Å². The minimum Gasteiger partial charge on any atom is -0.378 e. The SMILES string of the molecule is C=CCn1c(SC(C)C(=O)Nc2ccc(N3CCOCC3)cc2)nc2cc(Cl)ccc2c1=O. The van der Waals surface area contributed by atoms with E-state index in [1.807, 2.05) is 24.3 Å². The lowest BCUT2D eigenvalue weighted by molar-refractivity contribution is -0.115. The number of morpholine rings is 1. The average Bonchev–Trinajstić information content (AvgIpc) is 2.82. The molecular weight excluding hydrogens is 460 g/mol. The Bertz CT molecular complexity index is 1220. The Morgan fingerprint density at radius 1 is 1.27 bits per heavy atom. The third kappa shape index (κ3) is 5.40. The van der Waals surface area contributed by atoms with Crippen molar-refractivity contribution in [3.63, 3.8) is 0 Å². The third-order valence-corrected chi connectivity index (χ3v) is 6.68. The molecule has 7 nitrogen and oxygen atoms in total. The molecule has 33 heavy (non-hydrogen) atoms. The van der Waals surface area contributed by atoms with Crippen LogP contribution in [0, 0.1) is 0 Å². The quantitative estimate of drug-likeness (QED) is 0.308. The van der Waals surface area contributed by atoms with E-state index in [2.05, 4.69) is 21.8 Å². The molecule has 0 radical (unpaired) electrons. The maximum absolute atomic E-state index is 13.0. The number of hydrogen-bond acceptors (Lipinski definition) is 6. The number of allylic oxidation sites excluding steroid dienone is 1. The van der Waals surface area contributed by atoms with Gasteiger partial charge in [0.1, 0.15) is 0 Å². The minimum absolute atomic E-state index is 0.176. The van der Waals surface area contributed by atoms with Crippen molar-refractivity contribution in [2.45, 2.75) is 23.9 Å². The highest BCUT2D eigenvalue weighted by atomic mass is 35.5. The first kappa shape index (κ1) is 23.4. The standard InChI is InChI=1S/C24H25ClN4O3S/c1-3-10-29-23(31)20-9-4-17(25)15-21(20)27-24(29)33-16(2)22(30)26-18-5-7-19(8-6-18)28-11-13-32-14-12-28/h3-9,15-16H,1,10-14H2,2H3,(H,26,30). The molecule has 172 valence electrons. The second kappa shape index (κ2) is 10.4. The van der Waals surface area contributed by atoms with Crippen LogP contribution in [0.25, 0.3) is 10.9 Å². The van der Waals surface area contributed by atoms with Crippen LogP contribution in [-0.4, -0.2) is 47.0 Å². The van der Waals surface area contributed by atoms with Gasteiger partial charge in [-0.1, -0.05) is 29.4 Å². The van der Waals surface area contributed by atoms with E-state index in [1.165, 1.54) is 16.3 Å². The van der Waals surface area contributed by atoms with Gasteiger partial charge in [-0.15, -0.1) is 6.58 Å². The molecule has 1 aromatic heterocycles. The number of nitrogens with one attached hydrogen (secondary N) is 1. The van der Waals surface area contributed by atoms with Crippen molar-refractivity contribution < 1.29 is 9.53 Å². The van der Waals surface area contributed by atoms with E-state index >= 15 is 0 Å². The Hall–Kier alpha value is -2.81. The molecule has 1 unspecified atom stereocenters. The topological polar surface area (TPSA) is 76.5 Å². The summed E-state index contributed by atoms with van der Waals surface area (Å²) < 4.78 is 6.92. The average molecular weight is 485 g/mol. The van der Waals surface area contributed by atoms with E-state index < -0.39 is 5.25 Å². The van der Waals surface area contributed by atoms with Gasteiger partial charge in [-0.3, -0.25) is 14.2 Å². The highest BCUT2D eigenvalue weighted by molar-refractivity contribution is 8.00. The summed E-state index contributed by atoms with van der Waals surface area (Å²) in [5.74, 6) is -0.176. The fraction of sp³-hybridized carbons (Fsp3) is 0.292. The largest absolute Gasteiger partial charge is 0.378 e. The highest BCUT2D eigenvalue weighted by Gasteiger charge is 2.20. The lowest BCUT2D eigenvalue weighted by Crippen LogP contribution is -2.36. The number of carbonyl (C=O) groups excluding carboxylic acids is 1. The van der Waals surface area contributed by atoms with Gasteiger partial charge in [-0.05, 0) is 49.4 Å². The van der Waals surface area contributed by atoms with Gasteiger partial charge >= 0.3 is 0 Å². The van der Waals surface area contributed by atoms with E-state index in [0.717, 1.165) is 32.0 Å². The van der Waals surface area contributed by atoms with Crippen LogP contribution < -0.4 is 15.8 Å². The van der Waals surface area contributed by atoms with Gasteiger partial charge in [-0.2, -0.15) is 0 Å². The van der Waals surface area contributed by atoms with Crippen LogP contribution in [-0.2, 0) is 16.1 Å². The highest BCUT2D eigenvalue weighted by Crippen LogP contribution is 2.25. The summed E-state index contributed by atoms with van der Waals surface area (Å²) in [6.45, 7) is 8.97. The first-order valence-electron chi connectivity index (χ1n) is 10.7. The molecule has 1 amide bonds. The lowest BCUT2D eigenvalue weighted by Gasteiger charge is -2.28. The van der Waals surface area contributed by atoms with Crippen molar-refractivity contribution in [1.82, 2.24) is 9.55 Å². The van der Waals surface area contributed by atoms with Crippen molar-refractivity contribution in [3.05, 3.63) is 70.5 Å². The number of fused-ring (bicyclic) bond motifs is 1. The Morgan fingerprint density at radius 2 is 2.00 bits per heavy atom. The Balaban J connectivity index is 1.49. The van der Waals surface area contributed by atoms with Gasteiger partial charge in [0.2, 0.25) is 5.91 Å². The Labute approximate surface area is 201 Å². The summed E-state index contributed by atoms with van der Waals surface area (Å²) in [6, 6.07) is 12.8. The predicted molar refractivity (Wildman–Crippen MR) is 135 cm³/mol. The molecule has 1 fully saturated rings. The summed E-state index contributed by atoms with van der Waals surface area (Å²) in [5, 5.41) is 3.88. The van der Waals surface area contributed by atoms with Crippen molar-refractivity contribution in [3.8, 4) is 0 Å². The van der Waals surface area contributed by atoms with Crippen molar-refractivity contribution in [2.75, 3.05) is 36.5 Å². The van der Waals surface area contributed by atoms with Crippen LogP contribution in [0.1, 0.15) is 6.92 Å². The van der Waals surface area contributed by atoms with Crippen molar-refractivity contribution in [1.29, 1.82) is 0 Å². The summed E-state index contributed by atoms with van der Waals surface area (Å²) >= 11 is 7.31. The summed E-state index contributed by atoms with van der Waals surface area (Å²) in [5.41, 5.74) is 2.13. The zero-order valence-corrected chi connectivity index (χ0v) is 19.9. The number of halogens is 1. The van der Waals surface area contributed by atoms with Gasteiger partial charge in [0.15, 0.2) is 5.16 Å². The lowest BCUT2D eigenvalue weighted by atomic mass is 10.2. The van der Waals surface area contributed by atoms with Crippen LogP contribution in [0.2, 0.25) is 5.02 Å². The van der Waals surface area contributed by atoms with E-state index in [0.29, 0.717) is 33.3 Å². The first-order chi connectivity index (χ1) is 16.0. The molecule has 1 aliphatic rings. The Kier molecular flexibility index (Phi) is 7.37. The summed E-state index contributed by atoms with van der Waals surface area (Å²) in [4.78, 5) is 32.7. The number of hydrogen-bond donors (Lipinski definition) is 1. The number of nitrogens with zero attached hydrogens (tertiary/aromatic N) is 3. The van der Waals surface area contributed by atoms with Crippen LogP contribution in [0.15, 0.2) is 65.1 Å². The number of rotatable bonds is 7. The zero-order valence-electron chi connectivity index (χ0n) is 18.3. The summed E-state index contributed by atoms with van der Waals surface area (Å²) in [6.07, 6.45) is 1.63. The molecule has 1 aliphatic heterocycles. The minimum atomic E-state index is -0.483. The molecule has 4 rings (SSSR count). The normalized spacial score (nSPS) is 14.8. The molecule has 9 heteroatoms. The number of thioether (sulfide) groups is 1. The third-order valence-electron chi connectivity index (χ3n) is 5.36. The maximum atomic E-state index is 13.0. The number of ether oxygens (including phenoxy) is 1. The van der Waals surface area contributed by atoms with E-state index in [1.54, 1.807) is 31.2 Å². The molecular formula is C24H25ClN4O3S. The number of benzene rings is 2. The fourth-order valence-electron chi connectivity index (χ4n) is 3.59. The first-order valence-corrected chi connectivity index (χ1v) is 11.9. The van der Waals surface area contributed by atoms with Gasteiger partial charge in [-0.25, -0.2) is 4.98 Å². The molecule has 1 N–H and O–H groups in total. The number of aromatic nitrogens is 2. The monoisotopic (exact) mass is 484 g/mol.